The van der Waals surface area contributed by atoms with E-state index in [9.17, 15) is 10.1 Å². The number of ether oxygens (including phenoxy) is 2. The molecule has 17 heavy (non-hydrogen) atoms. The second-order valence-electron chi connectivity index (χ2n) is 4.45. The van der Waals surface area contributed by atoms with Crippen molar-refractivity contribution < 1.29 is 14.4 Å². The lowest BCUT2D eigenvalue weighted by Crippen LogP contribution is -2.29. The molecule has 0 aliphatic carbocycles. The van der Waals surface area contributed by atoms with Crippen molar-refractivity contribution in [2.45, 2.75) is 25.7 Å². The summed E-state index contributed by atoms with van der Waals surface area (Å²) in [5.41, 5.74) is -0.138. The van der Waals surface area contributed by atoms with Gasteiger partial charge in [-0.3, -0.25) is 10.1 Å². The van der Waals surface area contributed by atoms with Gasteiger partial charge < -0.3 is 14.4 Å². The van der Waals surface area contributed by atoms with Gasteiger partial charge in [-0.1, -0.05) is 0 Å². The van der Waals surface area contributed by atoms with Crippen LogP contribution in [0.25, 0.3) is 0 Å². The van der Waals surface area contributed by atoms with Crippen LogP contribution in [0.5, 0.6) is 0 Å². The number of allylic oxidation sites excluding steroid dienone is 1. The molecule has 1 heterocycles. The molecule has 6 heteroatoms. The first kappa shape index (κ1) is 13.7. The van der Waals surface area contributed by atoms with E-state index >= 15 is 0 Å². The number of hydrogen-bond donors (Lipinski definition) is 0. The first-order chi connectivity index (χ1) is 7.80. The fourth-order valence-corrected chi connectivity index (χ4v) is 1.51. The van der Waals surface area contributed by atoms with Crippen LogP contribution in [0.1, 0.15) is 13.8 Å². The highest BCUT2D eigenvalue weighted by Gasteiger charge is 2.32. The van der Waals surface area contributed by atoms with E-state index in [2.05, 4.69) is 6.58 Å². The molecule has 0 radical (unpaired) electrons. The van der Waals surface area contributed by atoms with Crippen LogP contribution in [-0.2, 0) is 9.47 Å². The molecular weight excluding hydrogens is 224 g/mol. The van der Waals surface area contributed by atoms with Gasteiger partial charge in [-0.2, -0.15) is 0 Å². The molecule has 6 nitrogen and oxygen atoms in total. The molecule has 0 N–H and O–H groups in total. The third-order valence-electron chi connectivity index (χ3n) is 2.31. The molecule has 0 saturated carbocycles. The molecule has 96 valence electrons. The van der Waals surface area contributed by atoms with E-state index in [0.29, 0.717) is 13.2 Å². The largest absolute Gasteiger partial charge is 0.378 e. The third-order valence-corrected chi connectivity index (χ3v) is 2.31. The summed E-state index contributed by atoms with van der Waals surface area (Å²) in [6, 6.07) is 0. The first-order valence-electron chi connectivity index (χ1n) is 5.34. The zero-order valence-corrected chi connectivity index (χ0v) is 10.4. The lowest BCUT2D eigenvalue weighted by Gasteiger charge is -2.20. The summed E-state index contributed by atoms with van der Waals surface area (Å²) in [6.45, 7) is 8.17. The molecule has 1 atom stereocenters. The fourth-order valence-electron chi connectivity index (χ4n) is 1.51. The quantitative estimate of drug-likeness (QED) is 0.414. The van der Waals surface area contributed by atoms with Crippen molar-refractivity contribution in [1.82, 2.24) is 4.90 Å². The highest BCUT2D eigenvalue weighted by atomic mass is 16.7. The van der Waals surface area contributed by atoms with Gasteiger partial charge in [0.1, 0.15) is 6.10 Å². The van der Waals surface area contributed by atoms with Gasteiger partial charge in [-0.25, -0.2) is 0 Å². The monoisotopic (exact) mass is 242 g/mol. The molecule has 0 spiro atoms. The Balaban J connectivity index is 2.38. The number of nitro groups is 1. The zero-order chi connectivity index (χ0) is 13.1. The highest BCUT2D eigenvalue weighted by molar-refractivity contribution is 5.05. The van der Waals surface area contributed by atoms with Crippen molar-refractivity contribution in [3.63, 3.8) is 0 Å². The Labute approximate surface area is 101 Å². The van der Waals surface area contributed by atoms with Gasteiger partial charge in [0, 0.05) is 25.9 Å². The maximum atomic E-state index is 10.3. The molecule has 0 aromatic rings. The normalized spacial score (nSPS) is 22.9. The van der Waals surface area contributed by atoms with Crippen molar-refractivity contribution >= 4 is 0 Å². The maximum Gasteiger partial charge on any atom is 0.263 e. The lowest BCUT2D eigenvalue weighted by atomic mass is 10.3. The van der Waals surface area contributed by atoms with Crippen molar-refractivity contribution in [2.75, 3.05) is 20.2 Å². The van der Waals surface area contributed by atoms with E-state index in [4.69, 9.17) is 9.47 Å². The molecule has 1 saturated heterocycles. The predicted octanol–water partition coefficient (Wildman–Crippen LogP) is 1.37. The molecule has 1 rings (SSSR count). The molecule has 0 aromatic heterocycles. The van der Waals surface area contributed by atoms with E-state index in [1.807, 2.05) is 25.8 Å². The Morgan fingerprint density at radius 3 is 2.82 bits per heavy atom. The summed E-state index contributed by atoms with van der Waals surface area (Å²) < 4.78 is 11.0. The van der Waals surface area contributed by atoms with Crippen LogP contribution in [0.2, 0.25) is 0 Å². The van der Waals surface area contributed by atoms with Gasteiger partial charge in [-0.15, -0.1) is 0 Å². The second-order valence-corrected chi connectivity index (χ2v) is 4.45. The highest BCUT2D eigenvalue weighted by Crippen LogP contribution is 2.22. The van der Waals surface area contributed by atoms with Crippen molar-refractivity contribution in [3.8, 4) is 0 Å². The second kappa shape index (κ2) is 5.29. The topological polar surface area (TPSA) is 64.8 Å². The molecule has 0 amide bonds. The van der Waals surface area contributed by atoms with E-state index in [1.165, 1.54) is 6.08 Å². The lowest BCUT2D eigenvalue weighted by molar-refractivity contribution is -0.418. The molecule has 0 aromatic carbocycles. The number of likely N-dealkylation sites (N-methyl/N-ethyl adjacent to an activating group) is 1. The van der Waals surface area contributed by atoms with Crippen LogP contribution < -0.4 is 0 Å². The predicted molar refractivity (Wildman–Crippen MR) is 62.8 cm³/mol. The van der Waals surface area contributed by atoms with Crippen LogP contribution in [0.4, 0.5) is 0 Å². The van der Waals surface area contributed by atoms with Crippen LogP contribution >= 0.6 is 0 Å². The summed E-state index contributed by atoms with van der Waals surface area (Å²) in [7, 11) is 1.82. The van der Waals surface area contributed by atoms with Crippen LogP contribution in [0.3, 0.4) is 0 Å². The molecule has 1 aliphatic heterocycles. The minimum atomic E-state index is -0.542. The summed E-state index contributed by atoms with van der Waals surface area (Å²) in [6.07, 6.45) is 2.95. The molecule has 1 fully saturated rings. The fraction of sp³-hybridized carbons (Fsp3) is 0.636. The molecule has 1 aliphatic rings. The summed E-state index contributed by atoms with van der Waals surface area (Å²) in [4.78, 5) is 11.6. The Morgan fingerprint density at radius 2 is 2.35 bits per heavy atom. The SMILES string of the molecule is C=C(/C=C\N(C)C[C@@H]1COC(C)(C)O1)[N+](=O)[O-]. The van der Waals surface area contributed by atoms with Gasteiger partial charge in [-0.05, 0) is 20.4 Å². The Kier molecular flexibility index (Phi) is 4.25. The molecule has 0 bridgehead atoms. The van der Waals surface area contributed by atoms with E-state index in [1.54, 1.807) is 6.20 Å². The van der Waals surface area contributed by atoms with Gasteiger partial charge in [0.05, 0.1) is 11.5 Å². The molecular formula is C11H18N2O4. The standard InChI is InChI=1S/C11H18N2O4/c1-9(13(14)15)5-6-12(4)7-10-8-16-11(2,3)17-10/h5-6,10H,1,7-8H2,2-4H3/b6-5-/t10-/m1/s1. The summed E-state index contributed by atoms with van der Waals surface area (Å²) in [5.74, 6) is -0.542. The van der Waals surface area contributed by atoms with Crippen molar-refractivity contribution in [1.29, 1.82) is 0 Å². The van der Waals surface area contributed by atoms with Gasteiger partial charge in [0.15, 0.2) is 5.79 Å². The van der Waals surface area contributed by atoms with E-state index in [0.717, 1.165) is 0 Å². The smallest absolute Gasteiger partial charge is 0.263 e. The summed E-state index contributed by atoms with van der Waals surface area (Å²) >= 11 is 0. The third kappa shape index (κ3) is 4.54. The number of hydrogen-bond acceptors (Lipinski definition) is 5. The van der Waals surface area contributed by atoms with E-state index in [-0.39, 0.29) is 11.8 Å². The average molecular weight is 242 g/mol. The van der Waals surface area contributed by atoms with Crippen molar-refractivity contribution in [2.24, 2.45) is 0 Å². The van der Waals surface area contributed by atoms with E-state index < -0.39 is 10.7 Å². The first-order valence-corrected chi connectivity index (χ1v) is 5.34. The summed E-state index contributed by atoms with van der Waals surface area (Å²) in [5, 5.41) is 10.3. The van der Waals surface area contributed by atoms with Gasteiger partial charge in [0.2, 0.25) is 0 Å². The Morgan fingerprint density at radius 1 is 1.71 bits per heavy atom. The zero-order valence-electron chi connectivity index (χ0n) is 10.4. The van der Waals surface area contributed by atoms with Crippen molar-refractivity contribution in [3.05, 3.63) is 34.7 Å². The molecule has 0 unspecified atom stereocenters. The minimum absolute atomic E-state index is 0.0245. The minimum Gasteiger partial charge on any atom is -0.378 e. The Bertz CT molecular complexity index is 338. The maximum absolute atomic E-state index is 10.3. The van der Waals surface area contributed by atoms with Gasteiger partial charge >= 0.3 is 0 Å². The van der Waals surface area contributed by atoms with Crippen LogP contribution in [0, 0.1) is 10.1 Å². The Hall–Kier alpha value is -1.40. The number of nitrogens with zero attached hydrogens (tertiary/aromatic N) is 2. The van der Waals surface area contributed by atoms with Crippen LogP contribution in [0.15, 0.2) is 24.6 Å². The van der Waals surface area contributed by atoms with Crippen LogP contribution in [-0.4, -0.2) is 41.9 Å². The average Bonchev–Trinajstić information content (AvgIpc) is 2.54. The van der Waals surface area contributed by atoms with Gasteiger partial charge in [0.25, 0.3) is 5.70 Å². The number of rotatable bonds is 5.